The van der Waals surface area contributed by atoms with Crippen LogP contribution in [0, 0.1) is 16.9 Å². The normalized spacial score (nSPS) is 12.8. The molecule has 2 aromatic carbocycles. The molecule has 0 spiro atoms. The second-order valence-corrected chi connectivity index (χ2v) is 16.7. The van der Waals surface area contributed by atoms with Crippen molar-refractivity contribution in [2.45, 2.75) is 93.4 Å². The van der Waals surface area contributed by atoms with Crippen molar-refractivity contribution in [1.29, 1.82) is 0 Å². The fourth-order valence-electron chi connectivity index (χ4n) is 5.75. The zero-order valence-corrected chi connectivity index (χ0v) is 33.8. The number of aliphatic hydroxyl groups excluding tert-OH is 1. The van der Waals surface area contributed by atoms with Gasteiger partial charge in [0.15, 0.2) is 5.78 Å². The molecule has 6 aromatic rings. The van der Waals surface area contributed by atoms with Gasteiger partial charge in [0.25, 0.3) is 0 Å². The number of hydrogen-bond donors (Lipinski definition) is 1. The molecule has 0 atom stereocenters. The van der Waals surface area contributed by atoms with E-state index in [2.05, 4.69) is 74.0 Å². The average molecular weight is 861 g/mol. The molecule has 0 aliphatic rings. The van der Waals surface area contributed by atoms with Gasteiger partial charge in [-0.25, -0.2) is 0 Å². The molecule has 0 saturated carbocycles. The Bertz CT molecular complexity index is 2050. The van der Waals surface area contributed by atoms with E-state index in [0.717, 1.165) is 36.9 Å². The molecule has 0 bridgehead atoms. The number of hydrogen-bond acceptors (Lipinski definition) is 6. The van der Waals surface area contributed by atoms with Crippen LogP contribution in [-0.4, -0.2) is 15.9 Å². The molecule has 3 nitrogen and oxygen atoms in total. The first kappa shape index (κ1) is 37.4. The van der Waals surface area contributed by atoms with Crippen LogP contribution in [0.25, 0.3) is 51.6 Å². The first-order chi connectivity index (χ1) is 21.8. The summed E-state index contributed by atoms with van der Waals surface area (Å²) in [6.07, 6.45) is 6.70. The molecule has 47 heavy (non-hydrogen) atoms. The minimum atomic E-state index is -0.337. The molecule has 0 unspecified atom stereocenters. The van der Waals surface area contributed by atoms with Crippen molar-refractivity contribution in [1.82, 2.24) is 4.98 Å². The summed E-state index contributed by atoms with van der Waals surface area (Å²) in [6.45, 7) is 18.9. The molecule has 0 saturated heterocycles. The minimum absolute atomic E-state index is 0. The SMILES string of the molecule is CC(C)(C)c1cc(-c2nccc3c2sc2c3ccc3ccsc32)[c-]c2ccsc12.CCC(C)(CC)C(=O)/C=C(\O)C(C)(CC)CC.[Ir]. The number of allylic oxidation sites excluding steroid dienone is 2. The Balaban J connectivity index is 0.000000242. The summed E-state index contributed by atoms with van der Waals surface area (Å²) in [5.41, 5.74) is 2.99. The monoisotopic (exact) mass is 861 g/mol. The number of thiophene rings is 3. The van der Waals surface area contributed by atoms with E-state index in [1.807, 2.05) is 70.4 Å². The van der Waals surface area contributed by atoms with Crippen LogP contribution in [0.4, 0.5) is 0 Å². The molecule has 1 N–H and O–H groups in total. The predicted molar refractivity (Wildman–Crippen MR) is 204 cm³/mol. The van der Waals surface area contributed by atoms with E-state index in [0.29, 0.717) is 0 Å². The van der Waals surface area contributed by atoms with Crippen molar-refractivity contribution in [3.63, 3.8) is 0 Å². The minimum Gasteiger partial charge on any atom is -0.512 e. The average Bonchev–Trinajstić information content (AvgIpc) is 3.81. The van der Waals surface area contributed by atoms with Gasteiger partial charge in [-0.1, -0.05) is 85.6 Å². The van der Waals surface area contributed by atoms with E-state index in [-0.39, 0.29) is 47.9 Å². The van der Waals surface area contributed by atoms with Gasteiger partial charge in [0.1, 0.15) is 5.76 Å². The molecule has 0 aliphatic carbocycles. The van der Waals surface area contributed by atoms with E-state index in [1.54, 1.807) is 11.3 Å². The van der Waals surface area contributed by atoms with Crippen LogP contribution in [-0.2, 0) is 30.3 Å². The maximum absolute atomic E-state index is 12.2. The number of rotatable bonds is 8. The predicted octanol–water partition coefficient (Wildman–Crippen LogP) is 13.3. The van der Waals surface area contributed by atoms with Crippen molar-refractivity contribution >= 4 is 80.1 Å². The molecule has 251 valence electrons. The summed E-state index contributed by atoms with van der Waals surface area (Å²) in [5, 5.41) is 19.6. The van der Waals surface area contributed by atoms with Gasteiger partial charge in [0, 0.05) is 59.0 Å². The van der Waals surface area contributed by atoms with Crippen LogP contribution in [0.3, 0.4) is 0 Å². The zero-order chi connectivity index (χ0) is 33.4. The number of pyridine rings is 1. The fourth-order valence-corrected chi connectivity index (χ4v) is 9.19. The Labute approximate surface area is 305 Å². The second-order valence-electron chi connectivity index (χ2n) is 13.9. The molecule has 0 aliphatic heterocycles. The molecule has 1 radical (unpaired) electrons. The number of nitrogens with zero attached hydrogens (tertiary/aromatic N) is 1. The Morgan fingerprint density at radius 3 is 2.06 bits per heavy atom. The van der Waals surface area contributed by atoms with Gasteiger partial charge < -0.3 is 5.11 Å². The number of carbonyl (C=O) groups excluding carboxylic acids is 1. The Morgan fingerprint density at radius 1 is 0.809 bits per heavy atom. The summed E-state index contributed by atoms with van der Waals surface area (Å²) in [5.74, 6) is 0.286. The summed E-state index contributed by atoms with van der Waals surface area (Å²) >= 11 is 5.50. The Kier molecular flexibility index (Phi) is 11.6. The largest absolute Gasteiger partial charge is 0.512 e. The molecule has 4 heterocycles. The Hall–Kier alpha value is -2.41. The summed E-state index contributed by atoms with van der Waals surface area (Å²) in [6, 6.07) is 17.0. The number of carbonyl (C=O) groups is 1. The topological polar surface area (TPSA) is 50.2 Å². The standard InChI is InChI=1S/C25H18NS3.C15H28O2.Ir/c1-25(2,3)19-13-16(12-15-8-11-27-21(15)19)20-23-18(6-9-26-20)17-5-4-14-7-10-28-22(14)24(17)29-23;1-7-14(5,8-2)12(16)11-13(17)15(6,9-3)10-4;/h4-11,13H,1-3H3;11,16H,7-10H2,1-6H3;/q-1;;/b;12-11-;. The number of ketones is 1. The van der Waals surface area contributed by atoms with Crippen LogP contribution in [0.1, 0.15) is 93.6 Å². The quantitative estimate of drug-likeness (QED) is 0.0942. The van der Waals surface area contributed by atoms with Gasteiger partial charge in [-0.15, -0.1) is 46.3 Å². The van der Waals surface area contributed by atoms with Gasteiger partial charge in [-0.3, -0.25) is 9.78 Å². The third-order valence-corrected chi connectivity index (χ3v) is 13.4. The molecule has 0 fully saturated rings. The summed E-state index contributed by atoms with van der Waals surface area (Å²) in [4.78, 5) is 17.0. The van der Waals surface area contributed by atoms with Gasteiger partial charge >= 0.3 is 0 Å². The van der Waals surface area contributed by atoms with Crippen LogP contribution in [0.15, 0.2) is 65.2 Å². The van der Waals surface area contributed by atoms with Gasteiger partial charge in [-0.05, 0) is 69.5 Å². The van der Waals surface area contributed by atoms with E-state index in [1.165, 1.54) is 52.0 Å². The van der Waals surface area contributed by atoms with Gasteiger partial charge in [-0.2, -0.15) is 11.3 Å². The van der Waals surface area contributed by atoms with E-state index in [9.17, 15) is 9.90 Å². The summed E-state index contributed by atoms with van der Waals surface area (Å²) in [7, 11) is 0. The van der Waals surface area contributed by atoms with Crippen LogP contribution < -0.4 is 0 Å². The number of fused-ring (bicyclic) bond motifs is 6. The van der Waals surface area contributed by atoms with E-state index >= 15 is 0 Å². The maximum atomic E-state index is 12.2. The van der Waals surface area contributed by atoms with Gasteiger partial charge in [0.05, 0.1) is 9.40 Å². The van der Waals surface area contributed by atoms with Crippen LogP contribution >= 0.6 is 34.0 Å². The Morgan fingerprint density at radius 2 is 1.43 bits per heavy atom. The van der Waals surface area contributed by atoms with Crippen LogP contribution in [0.5, 0.6) is 0 Å². The third-order valence-electron chi connectivity index (χ3n) is 10.1. The van der Waals surface area contributed by atoms with Crippen molar-refractivity contribution < 1.29 is 30.0 Å². The van der Waals surface area contributed by atoms with Crippen molar-refractivity contribution in [3.05, 3.63) is 76.8 Å². The van der Waals surface area contributed by atoms with Gasteiger partial charge in [0.2, 0.25) is 0 Å². The van der Waals surface area contributed by atoms with Crippen molar-refractivity contribution in [2.24, 2.45) is 10.8 Å². The molecular formula is C40H46IrNO2S3-. The van der Waals surface area contributed by atoms with E-state index < -0.39 is 0 Å². The number of aliphatic hydroxyl groups is 1. The van der Waals surface area contributed by atoms with E-state index in [4.69, 9.17) is 4.98 Å². The van der Waals surface area contributed by atoms with Crippen LogP contribution in [0.2, 0.25) is 0 Å². The fraction of sp³-hybridized carbons (Fsp3) is 0.400. The summed E-state index contributed by atoms with van der Waals surface area (Å²) < 4.78 is 5.34. The first-order valence-corrected chi connectivity index (χ1v) is 18.9. The van der Waals surface area contributed by atoms with Crippen molar-refractivity contribution in [3.8, 4) is 11.3 Å². The first-order valence-electron chi connectivity index (χ1n) is 16.4. The number of benzene rings is 2. The molecule has 6 rings (SSSR count). The van der Waals surface area contributed by atoms with Crippen molar-refractivity contribution in [2.75, 3.05) is 0 Å². The smallest absolute Gasteiger partial charge is 0.164 e. The molecule has 7 heteroatoms. The third kappa shape index (κ3) is 7.16. The molecular weight excluding hydrogens is 815 g/mol. The molecule has 4 aromatic heterocycles. The number of aromatic nitrogens is 1. The second kappa shape index (κ2) is 14.6. The molecule has 0 amide bonds. The zero-order valence-electron chi connectivity index (χ0n) is 29.0. The maximum Gasteiger partial charge on any atom is 0.164 e.